The van der Waals surface area contributed by atoms with Crippen LogP contribution in [0, 0.1) is 0 Å². The summed E-state index contributed by atoms with van der Waals surface area (Å²) in [5, 5.41) is 0. The van der Waals surface area contributed by atoms with Crippen molar-refractivity contribution in [2.45, 2.75) is 33.1 Å². The lowest BCUT2D eigenvalue weighted by atomic mass is 10.2. The third-order valence-corrected chi connectivity index (χ3v) is 1.52. The maximum Gasteiger partial charge on any atom is 0.0169 e. The molecule has 0 aliphatic heterocycles. The molecule has 0 aromatic rings. The van der Waals surface area contributed by atoms with Crippen molar-refractivity contribution in [1.29, 1.82) is 0 Å². The van der Waals surface area contributed by atoms with Crippen LogP contribution in [0.3, 0.4) is 0 Å². The van der Waals surface area contributed by atoms with Crippen LogP contribution in [-0.4, -0.2) is 18.5 Å². The fourth-order valence-corrected chi connectivity index (χ4v) is 0.940. The smallest absolute Gasteiger partial charge is 0.0169 e. The summed E-state index contributed by atoms with van der Waals surface area (Å²) >= 11 is 0. The van der Waals surface area contributed by atoms with E-state index in [9.17, 15) is 0 Å². The lowest BCUT2D eigenvalue weighted by Crippen LogP contribution is -2.11. The monoisotopic (exact) mass is 141 g/mol. The molecule has 0 heterocycles. The van der Waals surface area contributed by atoms with E-state index in [4.69, 9.17) is 0 Å². The van der Waals surface area contributed by atoms with Crippen LogP contribution < -0.4 is 0 Å². The molecule has 0 aromatic heterocycles. The van der Waals surface area contributed by atoms with Gasteiger partial charge >= 0.3 is 0 Å². The minimum absolute atomic E-state index is 1.19. The molecule has 1 nitrogen and oxygen atoms in total. The summed E-state index contributed by atoms with van der Waals surface area (Å²) in [7, 11) is 2.12. The molecule has 0 aliphatic carbocycles. The van der Waals surface area contributed by atoms with E-state index in [1.54, 1.807) is 0 Å². The van der Waals surface area contributed by atoms with Crippen molar-refractivity contribution < 1.29 is 0 Å². The van der Waals surface area contributed by atoms with Crippen LogP contribution in [0.4, 0.5) is 0 Å². The van der Waals surface area contributed by atoms with Gasteiger partial charge in [-0.25, -0.2) is 0 Å². The SMILES string of the molecule is C/C=C\N(C)CCCCC. The minimum Gasteiger partial charge on any atom is -0.381 e. The van der Waals surface area contributed by atoms with E-state index in [1.165, 1.54) is 25.8 Å². The Hall–Kier alpha value is -0.460. The number of unbranched alkanes of at least 4 members (excludes halogenated alkanes) is 2. The highest BCUT2D eigenvalue weighted by Gasteiger charge is 1.88. The quantitative estimate of drug-likeness (QED) is 0.532. The van der Waals surface area contributed by atoms with Crippen LogP contribution in [0.1, 0.15) is 33.1 Å². The van der Waals surface area contributed by atoms with E-state index in [0.29, 0.717) is 0 Å². The van der Waals surface area contributed by atoms with E-state index in [2.05, 4.69) is 38.1 Å². The predicted molar refractivity (Wildman–Crippen MR) is 47.0 cm³/mol. The predicted octanol–water partition coefficient (Wildman–Crippen LogP) is 2.64. The summed E-state index contributed by atoms with van der Waals surface area (Å²) in [6.07, 6.45) is 8.17. The molecule has 1 heteroatoms. The van der Waals surface area contributed by atoms with Crippen molar-refractivity contribution in [2.75, 3.05) is 13.6 Å². The van der Waals surface area contributed by atoms with Crippen molar-refractivity contribution in [3.63, 3.8) is 0 Å². The first kappa shape index (κ1) is 9.54. The van der Waals surface area contributed by atoms with Gasteiger partial charge in [0.15, 0.2) is 0 Å². The molecule has 0 atom stereocenters. The number of allylic oxidation sites excluding steroid dienone is 1. The third kappa shape index (κ3) is 5.67. The topological polar surface area (TPSA) is 3.24 Å². The summed E-state index contributed by atoms with van der Waals surface area (Å²) in [5.74, 6) is 0. The first-order valence-corrected chi connectivity index (χ1v) is 4.14. The zero-order valence-electron chi connectivity index (χ0n) is 7.43. The Morgan fingerprint density at radius 3 is 2.50 bits per heavy atom. The van der Waals surface area contributed by atoms with Gasteiger partial charge in [-0.3, -0.25) is 0 Å². The Bertz CT molecular complexity index is 86.7. The third-order valence-electron chi connectivity index (χ3n) is 1.52. The van der Waals surface area contributed by atoms with Gasteiger partial charge < -0.3 is 4.90 Å². The highest BCUT2D eigenvalue weighted by atomic mass is 15.1. The van der Waals surface area contributed by atoms with Gasteiger partial charge in [0.1, 0.15) is 0 Å². The highest BCUT2D eigenvalue weighted by Crippen LogP contribution is 1.95. The zero-order chi connectivity index (χ0) is 7.82. The van der Waals surface area contributed by atoms with Gasteiger partial charge in [0, 0.05) is 13.6 Å². The fraction of sp³-hybridized carbons (Fsp3) is 0.778. The molecule has 0 fully saturated rings. The average Bonchev–Trinajstić information content (AvgIpc) is 1.89. The number of hydrogen-bond acceptors (Lipinski definition) is 1. The number of nitrogens with zero attached hydrogens (tertiary/aromatic N) is 1. The molecule has 0 spiro atoms. The second kappa shape index (κ2) is 6.66. The molecule has 0 rings (SSSR count). The van der Waals surface area contributed by atoms with E-state index in [-0.39, 0.29) is 0 Å². The maximum absolute atomic E-state index is 2.23. The molecule has 0 aromatic carbocycles. The lowest BCUT2D eigenvalue weighted by molar-refractivity contribution is 0.434. The Labute approximate surface area is 64.7 Å². The van der Waals surface area contributed by atoms with Crippen molar-refractivity contribution in [1.82, 2.24) is 4.90 Å². The molecule has 0 saturated carbocycles. The van der Waals surface area contributed by atoms with Crippen molar-refractivity contribution in [3.8, 4) is 0 Å². The summed E-state index contributed by atoms with van der Waals surface area (Å²) in [6.45, 7) is 5.48. The Kier molecular flexibility index (Phi) is 6.35. The van der Waals surface area contributed by atoms with Crippen LogP contribution in [0.15, 0.2) is 12.3 Å². The number of rotatable bonds is 5. The largest absolute Gasteiger partial charge is 0.381 e. The standard InChI is InChI=1S/C9H19N/c1-4-6-7-9-10(3)8-5-2/h5,8H,4,6-7,9H2,1-3H3/b8-5-. The van der Waals surface area contributed by atoms with Crippen LogP contribution >= 0.6 is 0 Å². The molecule has 0 amide bonds. The normalized spacial score (nSPS) is 10.7. The van der Waals surface area contributed by atoms with E-state index in [1.807, 2.05) is 0 Å². The van der Waals surface area contributed by atoms with Gasteiger partial charge in [-0.15, -0.1) is 0 Å². The summed E-state index contributed by atoms with van der Waals surface area (Å²) in [4.78, 5) is 2.23. The Morgan fingerprint density at radius 2 is 2.00 bits per heavy atom. The van der Waals surface area contributed by atoms with Gasteiger partial charge in [-0.2, -0.15) is 0 Å². The van der Waals surface area contributed by atoms with Crippen LogP contribution in [0.2, 0.25) is 0 Å². The van der Waals surface area contributed by atoms with E-state index in [0.717, 1.165) is 0 Å². The molecule has 0 aliphatic rings. The number of hydrogen-bond donors (Lipinski definition) is 0. The van der Waals surface area contributed by atoms with Gasteiger partial charge in [-0.1, -0.05) is 25.8 Å². The summed E-state index contributed by atoms with van der Waals surface area (Å²) in [6, 6.07) is 0. The second-order valence-electron chi connectivity index (χ2n) is 2.67. The van der Waals surface area contributed by atoms with Crippen LogP contribution in [0.25, 0.3) is 0 Å². The molecule has 0 N–H and O–H groups in total. The molecular formula is C9H19N. The molecular weight excluding hydrogens is 122 g/mol. The maximum atomic E-state index is 2.23. The van der Waals surface area contributed by atoms with Gasteiger partial charge in [0.2, 0.25) is 0 Å². The van der Waals surface area contributed by atoms with Gasteiger partial charge in [-0.05, 0) is 19.5 Å². The molecule has 0 saturated heterocycles. The fourth-order valence-electron chi connectivity index (χ4n) is 0.940. The van der Waals surface area contributed by atoms with Crippen LogP contribution in [-0.2, 0) is 0 Å². The van der Waals surface area contributed by atoms with Crippen molar-refractivity contribution >= 4 is 0 Å². The minimum atomic E-state index is 1.19. The molecule has 10 heavy (non-hydrogen) atoms. The highest BCUT2D eigenvalue weighted by molar-refractivity contribution is 4.75. The summed E-state index contributed by atoms with van der Waals surface area (Å²) < 4.78 is 0. The molecule has 60 valence electrons. The first-order chi connectivity index (χ1) is 4.81. The zero-order valence-corrected chi connectivity index (χ0v) is 7.43. The van der Waals surface area contributed by atoms with Gasteiger partial charge in [0.25, 0.3) is 0 Å². The van der Waals surface area contributed by atoms with Crippen molar-refractivity contribution in [3.05, 3.63) is 12.3 Å². The van der Waals surface area contributed by atoms with E-state index < -0.39 is 0 Å². The first-order valence-electron chi connectivity index (χ1n) is 4.14. The average molecular weight is 141 g/mol. The van der Waals surface area contributed by atoms with Crippen molar-refractivity contribution in [2.24, 2.45) is 0 Å². The van der Waals surface area contributed by atoms with E-state index >= 15 is 0 Å². The van der Waals surface area contributed by atoms with Crippen LogP contribution in [0.5, 0.6) is 0 Å². The molecule has 0 bridgehead atoms. The lowest BCUT2D eigenvalue weighted by Gasteiger charge is -2.12. The molecule has 0 radical (unpaired) electrons. The Morgan fingerprint density at radius 1 is 1.30 bits per heavy atom. The van der Waals surface area contributed by atoms with Gasteiger partial charge in [0.05, 0.1) is 0 Å². The molecule has 0 unspecified atom stereocenters. The summed E-state index contributed by atoms with van der Waals surface area (Å²) in [5.41, 5.74) is 0. The second-order valence-corrected chi connectivity index (χ2v) is 2.67. The Balaban J connectivity index is 3.13.